The van der Waals surface area contributed by atoms with Crippen molar-refractivity contribution in [3.8, 4) is 0 Å². The van der Waals surface area contributed by atoms with E-state index in [1.807, 2.05) is 17.9 Å². The van der Waals surface area contributed by atoms with Crippen LogP contribution < -0.4 is 10.6 Å². The van der Waals surface area contributed by atoms with Gasteiger partial charge in [-0.3, -0.25) is 0 Å². The molecule has 1 aromatic heterocycles. The molecule has 0 radical (unpaired) electrons. The number of ether oxygens (including phenoxy) is 1. The zero-order valence-electron chi connectivity index (χ0n) is 9.93. The number of hydrogen-bond acceptors (Lipinski definition) is 5. The Morgan fingerprint density at radius 1 is 1.65 bits per heavy atom. The second-order valence-electron chi connectivity index (χ2n) is 4.05. The molecule has 1 fully saturated rings. The lowest BCUT2D eigenvalue weighted by Crippen LogP contribution is -2.37. The lowest BCUT2D eigenvalue weighted by atomic mass is 10.2. The highest BCUT2D eigenvalue weighted by molar-refractivity contribution is 5.80. The Morgan fingerprint density at radius 3 is 3.12 bits per heavy atom. The van der Waals surface area contributed by atoms with Gasteiger partial charge >= 0.3 is 5.97 Å². The van der Waals surface area contributed by atoms with Gasteiger partial charge in [0.15, 0.2) is 0 Å². The molecule has 0 saturated carbocycles. The second-order valence-corrected chi connectivity index (χ2v) is 4.05. The van der Waals surface area contributed by atoms with E-state index in [-0.39, 0.29) is 12.0 Å². The van der Waals surface area contributed by atoms with Crippen molar-refractivity contribution >= 4 is 17.5 Å². The topological polar surface area (TPSA) is 68.5 Å². The van der Waals surface area contributed by atoms with Gasteiger partial charge in [0.05, 0.1) is 18.5 Å². The SMILES string of the molecule is CCOC(=O)C1CCCN1c1ccc(N)cn1. The molecule has 0 aromatic carbocycles. The van der Waals surface area contributed by atoms with Crippen molar-refractivity contribution in [1.29, 1.82) is 0 Å². The standard InChI is InChI=1S/C12H17N3O2/c1-2-17-12(16)10-4-3-7-15(10)11-6-5-9(13)8-14-11/h5-6,8,10H,2-4,7,13H2,1H3. The molecule has 17 heavy (non-hydrogen) atoms. The zero-order chi connectivity index (χ0) is 12.3. The van der Waals surface area contributed by atoms with Gasteiger partial charge in [-0.05, 0) is 31.9 Å². The summed E-state index contributed by atoms with van der Waals surface area (Å²) in [5.41, 5.74) is 6.22. The van der Waals surface area contributed by atoms with Crippen LogP contribution in [0, 0.1) is 0 Å². The van der Waals surface area contributed by atoms with Crippen LogP contribution in [0.1, 0.15) is 19.8 Å². The fourth-order valence-electron chi connectivity index (χ4n) is 2.09. The van der Waals surface area contributed by atoms with Crippen molar-refractivity contribution in [2.45, 2.75) is 25.8 Å². The Bertz CT molecular complexity index is 391. The number of nitrogens with two attached hydrogens (primary N) is 1. The van der Waals surface area contributed by atoms with Crippen LogP contribution in [0.2, 0.25) is 0 Å². The van der Waals surface area contributed by atoms with Gasteiger partial charge in [-0.15, -0.1) is 0 Å². The first kappa shape index (κ1) is 11.7. The number of carbonyl (C=O) groups excluding carboxylic acids is 1. The van der Waals surface area contributed by atoms with E-state index in [0.29, 0.717) is 12.3 Å². The highest BCUT2D eigenvalue weighted by Gasteiger charge is 2.32. The molecule has 2 rings (SSSR count). The Morgan fingerprint density at radius 2 is 2.47 bits per heavy atom. The molecule has 1 aromatic rings. The van der Waals surface area contributed by atoms with Gasteiger partial charge in [-0.2, -0.15) is 0 Å². The quantitative estimate of drug-likeness (QED) is 0.797. The molecule has 0 amide bonds. The van der Waals surface area contributed by atoms with Crippen LogP contribution in [0.25, 0.3) is 0 Å². The van der Waals surface area contributed by atoms with Crippen molar-refractivity contribution < 1.29 is 9.53 Å². The van der Waals surface area contributed by atoms with Crippen LogP contribution >= 0.6 is 0 Å². The number of esters is 1. The maximum atomic E-state index is 11.8. The summed E-state index contributed by atoms with van der Waals surface area (Å²) in [5.74, 6) is 0.623. The number of aromatic nitrogens is 1. The van der Waals surface area contributed by atoms with E-state index in [4.69, 9.17) is 10.5 Å². The maximum Gasteiger partial charge on any atom is 0.328 e. The monoisotopic (exact) mass is 235 g/mol. The predicted octanol–water partition coefficient (Wildman–Crippen LogP) is 1.20. The third kappa shape index (κ3) is 2.49. The van der Waals surface area contributed by atoms with E-state index in [9.17, 15) is 4.79 Å². The number of carbonyl (C=O) groups is 1. The van der Waals surface area contributed by atoms with Gasteiger partial charge in [0, 0.05) is 6.54 Å². The largest absolute Gasteiger partial charge is 0.464 e. The Hall–Kier alpha value is -1.78. The van der Waals surface area contributed by atoms with E-state index < -0.39 is 0 Å². The van der Waals surface area contributed by atoms with Crippen molar-refractivity contribution in [3.05, 3.63) is 18.3 Å². The molecular weight excluding hydrogens is 218 g/mol. The fraction of sp³-hybridized carbons (Fsp3) is 0.500. The summed E-state index contributed by atoms with van der Waals surface area (Å²) in [6, 6.07) is 3.43. The molecule has 1 unspecified atom stereocenters. The summed E-state index contributed by atoms with van der Waals surface area (Å²) in [5, 5.41) is 0. The second kappa shape index (κ2) is 5.03. The maximum absolute atomic E-state index is 11.8. The Labute approximate surface area is 101 Å². The van der Waals surface area contributed by atoms with Crippen molar-refractivity contribution in [3.63, 3.8) is 0 Å². The average molecular weight is 235 g/mol. The molecule has 0 spiro atoms. The number of rotatable bonds is 3. The van der Waals surface area contributed by atoms with E-state index in [0.717, 1.165) is 25.2 Å². The minimum Gasteiger partial charge on any atom is -0.464 e. The third-order valence-corrected chi connectivity index (χ3v) is 2.88. The molecule has 1 saturated heterocycles. The normalized spacial score (nSPS) is 19.4. The van der Waals surface area contributed by atoms with Crippen LogP contribution in [-0.4, -0.2) is 30.1 Å². The van der Waals surface area contributed by atoms with Gasteiger partial charge in [-0.1, -0.05) is 0 Å². The van der Waals surface area contributed by atoms with Crippen LogP contribution in [0.4, 0.5) is 11.5 Å². The first-order valence-corrected chi connectivity index (χ1v) is 5.87. The molecule has 1 atom stereocenters. The average Bonchev–Trinajstić information content (AvgIpc) is 2.79. The number of pyridine rings is 1. The predicted molar refractivity (Wildman–Crippen MR) is 65.7 cm³/mol. The van der Waals surface area contributed by atoms with E-state index in [2.05, 4.69) is 4.98 Å². The van der Waals surface area contributed by atoms with Gasteiger partial charge in [0.2, 0.25) is 0 Å². The summed E-state index contributed by atoms with van der Waals surface area (Å²) in [6.07, 6.45) is 3.41. The first-order valence-electron chi connectivity index (χ1n) is 5.87. The molecule has 1 aliphatic rings. The van der Waals surface area contributed by atoms with Crippen LogP contribution in [0.3, 0.4) is 0 Å². The molecule has 1 aliphatic heterocycles. The molecule has 5 heteroatoms. The number of hydrogen-bond donors (Lipinski definition) is 1. The minimum atomic E-state index is -0.203. The first-order chi connectivity index (χ1) is 8.22. The molecular formula is C12H17N3O2. The van der Waals surface area contributed by atoms with Crippen LogP contribution in [0.15, 0.2) is 18.3 Å². The molecule has 0 aliphatic carbocycles. The van der Waals surface area contributed by atoms with Crippen molar-refractivity contribution in [2.75, 3.05) is 23.8 Å². The van der Waals surface area contributed by atoms with Crippen molar-refractivity contribution in [1.82, 2.24) is 4.98 Å². The fourth-order valence-corrected chi connectivity index (χ4v) is 2.09. The third-order valence-electron chi connectivity index (χ3n) is 2.88. The smallest absolute Gasteiger partial charge is 0.328 e. The lowest BCUT2D eigenvalue weighted by Gasteiger charge is -2.23. The Balaban J connectivity index is 2.14. The number of nitrogen functional groups attached to an aromatic ring is 1. The van der Waals surface area contributed by atoms with Gasteiger partial charge < -0.3 is 15.4 Å². The molecule has 0 bridgehead atoms. The summed E-state index contributed by atoms with van der Waals surface area (Å²) in [6.45, 7) is 3.07. The van der Waals surface area contributed by atoms with Crippen molar-refractivity contribution in [2.24, 2.45) is 0 Å². The molecule has 92 valence electrons. The summed E-state index contributed by atoms with van der Waals surface area (Å²) >= 11 is 0. The molecule has 5 nitrogen and oxygen atoms in total. The molecule has 2 N–H and O–H groups in total. The van der Waals surface area contributed by atoms with Crippen LogP contribution in [-0.2, 0) is 9.53 Å². The number of anilines is 2. The van der Waals surface area contributed by atoms with E-state index >= 15 is 0 Å². The summed E-state index contributed by atoms with van der Waals surface area (Å²) in [7, 11) is 0. The zero-order valence-corrected chi connectivity index (χ0v) is 9.93. The molecule has 2 heterocycles. The van der Waals surface area contributed by atoms with E-state index in [1.54, 1.807) is 12.3 Å². The Kier molecular flexibility index (Phi) is 3.46. The number of nitrogens with zero attached hydrogens (tertiary/aromatic N) is 2. The van der Waals surface area contributed by atoms with Gasteiger partial charge in [0.1, 0.15) is 11.9 Å². The van der Waals surface area contributed by atoms with Crippen LogP contribution in [0.5, 0.6) is 0 Å². The minimum absolute atomic E-state index is 0.163. The van der Waals surface area contributed by atoms with Gasteiger partial charge in [-0.25, -0.2) is 9.78 Å². The van der Waals surface area contributed by atoms with Gasteiger partial charge in [0.25, 0.3) is 0 Å². The van der Waals surface area contributed by atoms with E-state index in [1.165, 1.54) is 0 Å². The summed E-state index contributed by atoms with van der Waals surface area (Å²) in [4.78, 5) is 18.0. The summed E-state index contributed by atoms with van der Waals surface area (Å²) < 4.78 is 5.07. The lowest BCUT2D eigenvalue weighted by molar-refractivity contribution is -0.144. The highest BCUT2D eigenvalue weighted by atomic mass is 16.5. The highest BCUT2D eigenvalue weighted by Crippen LogP contribution is 2.24.